The van der Waals surface area contributed by atoms with Gasteiger partial charge in [-0.2, -0.15) is 0 Å². The first-order valence-electron chi connectivity index (χ1n) is 6.41. The highest BCUT2D eigenvalue weighted by molar-refractivity contribution is 7.91. The van der Waals surface area contributed by atoms with E-state index in [2.05, 4.69) is 4.72 Å². The summed E-state index contributed by atoms with van der Waals surface area (Å²) in [7, 11) is -2.07. The van der Waals surface area contributed by atoms with Crippen LogP contribution in [-0.2, 0) is 21.4 Å². The highest BCUT2D eigenvalue weighted by Crippen LogP contribution is 2.25. The zero-order chi connectivity index (χ0) is 16.2. The Kier molecular flexibility index (Phi) is 5.57. The van der Waals surface area contributed by atoms with Gasteiger partial charge in [0.1, 0.15) is 4.21 Å². The maximum atomic E-state index is 12.0. The van der Waals surface area contributed by atoms with E-state index in [0.29, 0.717) is 10.9 Å². The maximum Gasteiger partial charge on any atom is 0.250 e. The number of rotatable bonds is 6. The van der Waals surface area contributed by atoms with Crippen LogP contribution in [0.4, 0.5) is 0 Å². The van der Waals surface area contributed by atoms with E-state index in [1.807, 2.05) is 30.3 Å². The lowest BCUT2D eigenvalue weighted by Gasteiger charge is -2.17. The molecule has 1 N–H and O–H groups in total. The Hall–Kier alpha value is -1.41. The van der Waals surface area contributed by atoms with Crippen LogP contribution in [0.15, 0.2) is 46.7 Å². The third-order valence-corrected chi connectivity index (χ3v) is 6.04. The van der Waals surface area contributed by atoms with Gasteiger partial charge in [-0.1, -0.05) is 41.9 Å². The second kappa shape index (κ2) is 7.23. The van der Waals surface area contributed by atoms with Crippen LogP contribution in [0.1, 0.15) is 5.56 Å². The summed E-state index contributed by atoms with van der Waals surface area (Å²) in [6.45, 7) is 0.132. The number of carbonyl (C=O) groups is 1. The molecule has 2 aromatic rings. The van der Waals surface area contributed by atoms with Gasteiger partial charge in [0.2, 0.25) is 5.91 Å². The number of halogens is 1. The maximum absolute atomic E-state index is 12.0. The third-order valence-electron chi connectivity index (χ3n) is 2.92. The molecule has 0 spiro atoms. The van der Waals surface area contributed by atoms with Crippen LogP contribution in [0, 0.1) is 0 Å². The lowest BCUT2D eigenvalue weighted by atomic mass is 10.2. The van der Waals surface area contributed by atoms with Crippen molar-refractivity contribution in [3.05, 3.63) is 52.4 Å². The van der Waals surface area contributed by atoms with Crippen molar-refractivity contribution in [1.29, 1.82) is 0 Å². The summed E-state index contributed by atoms with van der Waals surface area (Å²) in [6, 6.07) is 12.4. The standard InChI is InChI=1S/C14H15ClN2O3S2/c1-17(10-11-5-3-2-4-6-11)13(18)9-16-22(19,20)14-8-7-12(15)21-14/h2-8,16H,9-10H2,1H3. The number of likely N-dealkylation sites (N-methyl/N-ethyl adjacent to an activating group) is 1. The van der Waals surface area contributed by atoms with E-state index in [-0.39, 0.29) is 16.7 Å². The monoisotopic (exact) mass is 358 g/mol. The highest BCUT2D eigenvalue weighted by Gasteiger charge is 2.19. The van der Waals surface area contributed by atoms with Crippen molar-refractivity contribution in [2.24, 2.45) is 0 Å². The molecule has 0 saturated carbocycles. The fraction of sp³-hybridized carbons (Fsp3) is 0.214. The van der Waals surface area contributed by atoms with E-state index in [0.717, 1.165) is 16.9 Å². The Balaban J connectivity index is 1.92. The summed E-state index contributed by atoms with van der Waals surface area (Å²) in [6.07, 6.45) is 0. The molecule has 0 fully saturated rings. The van der Waals surface area contributed by atoms with Crippen LogP contribution in [-0.4, -0.2) is 32.8 Å². The molecule has 0 bridgehead atoms. The van der Waals surface area contributed by atoms with Crippen molar-refractivity contribution in [2.75, 3.05) is 13.6 Å². The first-order valence-corrected chi connectivity index (χ1v) is 9.09. The Morgan fingerprint density at radius 1 is 1.23 bits per heavy atom. The topological polar surface area (TPSA) is 66.5 Å². The van der Waals surface area contributed by atoms with Gasteiger partial charge in [-0.3, -0.25) is 4.79 Å². The van der Waals surface area contributed by atoms with Gasteiger partial charge in [0.25, 0.3) is 10.0 Å². The zero-order valence-corrected chi connectivity index (χ0v) is 14.2. The first-order chi connectivity index (χ1) is 10.4. The van der Waals surface area contributed by atoms with Gasteiger partial charge in [0.15, 0.2) is 0 Å². The van der Waals surface area contributed by atoms with Crippen LogP contribution < -0.4 is 4.72 Å². The van der Waals surface area contributed by atoms with Gasteiger partial charge in [-0.05, 0) is 17.7 Å². The minimum absolute atomic E-state index is 0.0935. The molecule has 2 rings (SSSR count). The van der Waals surface area contributed by atoms with Crippen LogP contribution in [0.25, 0.3) is 0 Å². The Bertz CT molecular complexity index is 744. The summed E-state index contributed by atoms with van der Waals surface area (Å²) >= 11 is 6.67. The molecule has 1 aromatic carbocycles. The summed E-state index contributed by atoms with van der Waals surface area (Å²) in [4.78, 5) is 13.5. The van der Waals surface area contributed by atoms with Crippen molar-refractivity contribution in [2.45, 2.75) is 10.8 Å². The molecule has 1 aromatic heterocycles. The van der Waals surface area contributed by atoms with E-state index in [4.69, 9.17) is 11.6 Å². The number of benzene rings is 1. The molecule has 0 aliphatic rings. The van der Waals surface area contributed by atoms with Gasteiger partial charge in [0, 0.05) is 13.6 Å². The van der Waals surface area contributed by atoms with E-state index in [9.17, 15) is 13.2 Å². The minimum Gasteiger partial charge on any atom is -0.340 e. The summed E-state index contributed by atoms with van der Waals surface area (Å²) in [5.41, 5.74) is 0.978. The Morgan fingerprint density at radius 3 is 2.50 bits per heavy atom. The van der Waals surface area contributed by atoms with Gasteiger partial charge in [-0.25, -0.2) is 13.1 Å². The molecule has 118 valence electrons. The van der Waals surface area contributed by atoms with E-state index >= 15 is 0 Å². The van der Waals surface area contributed by atoms with Crippen molar-refractivity contribution in [3.8, 4) is 0 Å². The molecular formula is C14H15ClN2O3S2. The van der Waals surface area contributed by atoms with E-state index in [1.165, 1.54) is 17.0 Å². The summed E-state index contributed by atoms with van der Waals surface area (Å²) in [5.74, 6) is -0.310. The highest BCUT2D eigenvalue weighted by atomic mass is 35.5. The summed E-state index contributed by atoms with van der Waals surface area (Å²) < 4.78 is 26.8. The quantitative estimate of drug-likeness (QED) is 0.861. The van der Waals surface area contributed by atoms with Gasteiger partial charge < -0.3 is 4.90 Å². The Morgan fingerprint density at radius 2 is 1.91 bits per heavy atom. The fourth-order valence-corrected chi connectivity index (χ4v) is 4.25. The number of nitrogens with one attached hydrogen (secondary N) is 1. The second-order valence-electron chi connectivity index (χ2n) is 4.62. The fourth-order valence-electron chi connectivity index (χ4n) is 1.75. The van der Waals surface area contributed by atoms with Gasteiger partial charge >= 0.3 is 0 Å². The van der Waals surface area contributed by atoms with Crippen LogP contribution in [0.3, 0.4) is 0 Å². The minimum atomic E-state index is -3.70. The lowest BCUT2D eigenvalue weighted by Crippen LogP contribution is -2.37. The number of sulfonamides is 1. The molecule has 1 heterocycles. The van der Waals surface area contributed by atoms with Crippen molar-refractivity contribution in [3.63, 3.8) is 0 Å². The second-order valence-corrected chi connectivity index (χ2v) is 8.33. The number of hydrogen-bond acceptors (Lipinski definition) is 4. The molecule has 8 heteroatoms. The molecule has 0 atom stereocenters. The van der Waals surface area contributed by atoms with Crippen molar-refractivity contribution in [1.82, 2.24) is 9.62 Å². The molecule has 1 amide bonds. The van der Waals surface area contributed by atoms with E-state index in [1.54, 1.807) is 7.05 Å². The molecular weight excluding hydrogens is 344 g/mol. The average Bonchev–Trinajstić information content (AvgIpc) is 2.93. The predicted octanol–water partition coefficient (Wildman–Crippen LogP) is 2.34. The van der Waals surface area contributed by atoms with Crippen molar-refractivity contribution < 1.29 is 13.2 Å². The number of hydrogen-bond donors (Lipinski definition) is 1. The normalized spacial score (nSPS) is 11.4. The molecule has 22 heavy (non-hydrogen) atoms. The van der Waals surface area contributed by atoms with Crippen LogP contribution in [0.5, 0.6) is 0 Å². The van der Waals surface area contributed by atoms with Crippen molar-refractivity contribution >= 4 is 38.9 Å². The summed E-state index contributed by atoms with van der Waals surface area (Å²) in [5, 5.41) is 0. The third kappa shape index (κ3) is 4.54. The number of nitrogens with zero attached hydrogens (tertiary/aromatic N) is 1. The molecule has 0 unspecified atom stereocenters. The molecule has 5 nitrogen and oxygen atoms in total. The average molecular weight is 359 g/mol. The first kappa shape index (κ1) is 17.0. The SMILES string of the molecule is CN(Cc1ccccc1)C(=O)CNS(=O)(=O)c1ccc(Cl)s1. The number of amides is 1. The zero-order valence-electron chi connectivity index (χ0n) is 11.8. The molecule has 0 radical (unpaired) electrons. The predicted molar refractivity (Wildman–Crippen MR) is 87.4 cm³/mol. The Labute approximate surface area is 138 Å². The van der Waals surface area contributed by atoms with Gasteiger partial charge in [0.05, 0.1) is 10.9 Å². The number of thiophene rings is 1. The van der Waals surface area contributed by atoms with Crippen LogP contribution >= 0.6 is 22.9 Å². The molecule has 0 saturated heterocycles. The van der Waals surface area contributed by atoms with E-state index < -0.39 is 10.0 Å². The smallest absolute Gasteiger partial charge is 0.250 e. The lowest BCUT2D eigenvalue weighted by molar-refractivity contribution is -0.129. The molecule has 0 aliphatic carbocycles. The van der Waals surface area contributed by atoms with Crippen LogP contribution in [0.2, 0.25) is 4.34 Å². The largest absolute Gasteiger partial charge is 0.340 e. The molecule has 0 aliphatic heterocycles. The number of carbonyl (C=O) groups excluding carboxylic acids is 1. The van der Waals surface area contributed by atoms with Gasteiger partial charge in [-0.15, -0.1) is 11.3 Å².